The molecule has 0 aromatic heterocycles. The van der Waals surface area contributed by atoms with Crippen LogP contribution in [0.3, 0.4) is 0 Å². The van der Waals surface area contributed by atoms with Gasteiger partial charge in [-0.2, -0.15) is 0 Å². The molecule has 2 aromatic rings. The van der Waals surface area contributed by atoms with E-state index >= 15 is 0 Å². The van der Waals surface area contributed by atoms with Crippen LogP contribution in [0.2, 0.25) is 0 Å². The Bertz CT molecular complexity index is 865. The first-order valence-electron chi connectivity index (χ1n) is 10.2. The molecule has 162 valence electrons. The van der Waals surface area contributed by atoms with Gasteiger partial charge in [-0.05, 0) is 48.2 Å². The van der Waals surface area contributed by atoms with Crippen molar-refractivity contribution in [3.05, 3.63) is 58.9 Å². The number of hydrogen-bond acceptors (Lipinski definition) is 4. The summed E-state index contributed by atoms with van der Waals surface area (Å²) < 4.78 is 24.5. The minimum atomic E-state index is -0.183. The maximum absolute atomic E-state index is 13.7. The number of methoxy groups -OCH3 is 2. The second-order valence-corrected chi connectivity index (χ2v) is 7.60. The van der Waals surface area contributed by atoms with Gasteiger partial charge in [0.15, 0.2) is 5.96 Å². The van der Waals surface area contributed by atoms with Crippen LogP contribution in [0, 0.1) is 12.7 Å². The van der Waals surface area contributed by atoms with Crippen molar-refractivity contribution in [3.8, 4) is 11.5 Å². The summed E-state index contributed by atoms with van der Waals surface area (Å²) >= 11 is 0. The number of rotatable bonds is 7. The Hall–Kier alpha value is -2.80. The van der Waals surface area contributed by atoms with Crippen molar-refractivity contribution >= 4 is 5.96 Å². The molecule has 1 fully saturated rings. The van der Waals surface area contributed by atoms with E-state index < -0.39 is 0 Å². The van der Waals surface area contributed by atoms with Gasteiger partial charge in [-0.25, -0.2) is 4.39 Å². The lowest BCUT2D eigenvalue weighted by Crippen LogP contribution is -2.44. The van der Waals surface area contributed by atoms with E-state index in [4.69, 9.17) is 9.47 Å². The van der Waals surface area contributed by atoms with Gasteiger partial charge in [0.1, 0.15) is 17.3 Å². The fourth-order valence-electron chi connectivity index (χ4n) is 3.63. The second-order valence-electron chi connectivity index (χ2n) is 7.60. The fraction of sp³-hybridized carbons (Fsp3) is 0.435. The predicted octanol–water partition coefficient (Wildman–Crippen LogP) is 3.09. The number of ether oxygens (including phenoxy) is 2. The van der Waals surface area contributed by atoms with E-state index in [2.05, 4.69) is 20.5 Å². The van der Waals surface area contributed by atoms with Gasteiger partial charge >= 0.3 is 0 Å². The van der Waals surface area contributed by atoms with Gasteiger partial charge in [0.2, 0.25) is 0 Å². The molecule has 30 heavy (non-hydrogen) atoms. The first kappa shape index (κ1) is 21.9. The molecule has 1 atom stereocenters. The maximum atomic E-state index is 13.7. The highest BCUT2D eigenvalue weighted by Crippen LogP contribution is 2.24. The van der Waals surface area contributed by atoms with Gasteiger partial charge in [-0.3, -0.25) is 9.89 Å². The van der Waals surface area contributed by atoms with E-state index in [-0.39, 0.29) is 5.82 Å². The Kier molecular flexibility index (Phi) is 7.52. The molecule has 1 saturated heterocycles. The van der Waals surface area contributed by atoms with Crippen LogP contribution in [0.5, 0.6) is 11.5 Å². The number of nitrogens with zero attached hydrogens (tertiary/aromatic N) is 2. The standard InChI is InChI=1S/C23H31FN4O2/c1-16-5-6-17(11-22(16)24)13-26-23(25-2)27-19-7-8-28(15-19)14-18-9-20(29-3)12-21(10-18)30-4/h5-6,9-12,19H,7-8,13-15H2,1-4H3,(H2,25,26,27). The average Bonchev–Trinajstić information content (AvgIpc) is 3.19. The second kappa shape index (κ2) is 10.3. The molecule has 1 unspecified atom stereocenters. The van der Waals surface area contributed by atoms with Crippen LogP contribution in [0.25, 0.3) is 0 Å². The predicted molar refractivity (Wildman–Crippen MR) is 118 cm³/mol. The van der Waals surface area contributed by atoms with Gasteiger partial charge in [0.05, 0.1) is 14.2 Å². The van der Waals surface area contributed by atoms with Crippen molar-refractivity contribution in [2.45, 2.75) is 32.5 Å². The van der Waals surface area contributed by atoms with Crippen LogP contribution in [0.1, 0.15) is 23.1 Å². The maximum Gasteiger partial charge on any atom is 0.191 e. The van der Waals surface area contributed by atoms with Gasteiger partial charge in [-0.15, -0.1) is 0 Å². The number of nitrogens with one attached hydrogen (secondary N) is 2. The Morgan fingerprint density at radius 3 is 2.50 bits per heavy atom. The van der Waals surface area contributed by atoms with Gasteiger partial charge in [0.25, 0.3) is 0 Å². The van der Waals surface area contributed by atoms with Crippen molar-refractivity contribution in [1.82, 2.24) is 15.5 Å². The molecule has 0 radical (unpaired) electrons. The van der Waals surface area contributed by atoms with Crippen LogP contribution in [0.15, 0.2) is 41.4 Å². The number of halogens is 1. The van der Waals surface area contributed by atoms with Crippen molar-refractivity contribution in [3.63, 3.8) is 0 Å². The number of benzene rings is 2. The summed E-state index contributed by atoms with van der Waals surface area (Å²) in [5, 5.41) is 6.75. The topological polar surface area (TPSA) is 58.1 Å². The van der Waals surface area contributed by atoms with Gasteiger partial charge in [0, 0.05) is 45.3 Å². The molecule has 3 rings (SSSR count). The summed E-state index contributed by atoms with van der Waals surface area (Å²) in [6.45, 7) is 5.04. The van der Waals surface area contributed by atoms with Crippen molar-refractivity contribution in [1.29, 1.82) is 0 Å². The van der Waals surface area contributed by atoms with E-state index in [0.717, 1.165) is 54.6 Å². The van der Waals surface area contributed by atoms with Crippen molar-refractivity contribution < 1.29 is 13.9 Å². The van der Waals surface area contributed by atoms with E-state index in [0.29, 0.717) is 18.2 Å². The molecule has 7 heteroatoms. The highest BCUT2D eigenvalue weighted by molar-refractivity contribution is 5.80. The average molecular weight is 415 g/mol. The molecular formula is C23H31FN4O2. The number of aryl methyl sites for hydroxylation is 1. The summed E-state index contributed by atoms with van der Waals surface area (Å²) in [6, 6.07) is 11.6. The third kappa shape index (κ3) is 5.86. The van der Waals surface area contributed by atoms with E-state index in [9.17, 15) is 4.39 Å². The highest BCUT2D eigenvalue weighted by Gasteiger charge is 2.23. The zero-order valence-corrected chi connectivity index (χ0v) is 18.2. The molecule has 2 aromatic carbocycles. The minimum Gasteiger partial charge on any atom is -0.497 e. The summed E-state index contributed by atoms with van der Waals surface area (Å²) in [4.78, 5) is 6.71. The summed E-state index contributed by atoms with van der Waals surface area (Å²) in [7, 11) is 5.08. The summed E-state index contributed by atoms with van der Waals surface area (Å²) in [5.41, 5.74) is 2.71. The smallest absolute Gasteiger partial charge is 0.191 e. The molecule has 0 amide bonds. The Labute approximate surface area is 178 Å². The molecule has 2 N–H and O–H groups in total. The lowest BCUT2D eigenvalue weighted by Gasteiger charge is -2.19. The molecule has 0 aliphatic carbocycles. The van der Waals surface area contributed by atoms with E-state index in [1.165, 1.54) is 0 Å². The number of aliphatic imine (C=N–C) groups is 1. The Morgan fingerprint density at radius 2 is 1.87 bits per heavy atom. The van der Waals surface area contributed by atoms with Gasteiger partial charge in [-0.1, -0.05) is 12.1 Å². The SMILES string of the molecule is CN=C(NCc1ccc(C)c(F)c1)NC1CCN(Cc2cc(OC)cc(OC)c2)C1. The van der Waals surface area contributed by atoms with Crippen molar-refractivity contribution in [2.24, 2.45) is 4.99 Å². The van der Waals surface area contributed by atoms with E-state index in [1.807, 2.05) is 24.3 Å². The monoisotopic (exact) mass is 414 g/mol. The molecule has 1 aliphatic heterocycles. The van der Waals surface area contributed by atoms with Crippen LogP contribution in [-0.2, 0) is 13.1 Å². The lowest BCUT2D eigenvalue weighted by molar-refractivity contribution is 0.321. The quantitative estimate of drug-likeness (QED) is 0.539. The fourth-order valence-corrected chi connectivity index (χ4v) is 3.63. The Morgan fingerprint density at radius 1 is 1.13 bits per heavy atom. The first-order chi connectivity index (χ1) is 14.5. The molecule has 6 nitrogen and oxygen atoms in total. The zero-order valence-electron chi connectivity index (χ0n) is 18.2. The largest absolute Gasteiger partial charge is 0.497 e. The molecular weight excluding hydrogens is 383 g/mol. The third-order valence-electron chi connectivity index (χ3n) is 5.35. The number of hydrogen-bond donors (Lipinski definition) is 2. The highest BCUT2D eigenvalue weighted by atomic mass is 19.1. The van der Waals surface area contributed by atoms with Crippen LogP contribution < -0.4 is 20.1 Å². The third-order valence-corrected chi connectivity index (χ3v) is 5.35. The molecule has 0 bridgehead atoms. The first-order valence-corrected chi connectivity index (χ1v) is 10.2. The van der Waals surface area contributed by atoms with E-state index in [1.54, 1.807) is 40.3 Å². The number of likely N-dealkylation sites (tertiary alicyclic amines) is 1. The zero-order chi connectivity index (χ0) is 21.5. The minimum absolute atomic E-state index is 0.183. The molecule has 0 saturated carbocycles. The molecule has 1 aliphatic rings. The normalized spacial score (nSPS) is 17.1. The van der Waals surface area contributed by atoms with Crippen LogP contribution >= 0.6 is 0 Å². The van der Waals surface area contributed by atoms with Gasteiger partial charge < -0.3 is 20.1 Å². The summed E-state index contributed by atoms with van der Waals surface area (Å²) in [5.74, 6) is 2.15. The van der Waals surface area contributed by atoms with Crippen molar-refractivity contribution in [2.75, 3.05) is 34.4 Å². The molecule has 1 heterocycles. The summed E-state index contributed by atoms with van der Waals surface area (Å²) in [6.07, 6.45) is 1.03. The van der Waals surface area contributed by atoms with Crippen LogP contribution in [-0.4, -0.2) is 51.3 Å². The lowest BCUT2D eigenvalue weighted by atomic mass is 10.1. The molecule has 0 spiro atoms. The number of guanidine groups is 1. The Balaban J connectivity index is 1.51. The van der Waals surface area contributed by atoms with Crippen LogP contribution in [0.4, 0.5) is 4.39 Å².